The fourth-order valence-electron chi connectivity index (χ4n) is 6.97. The molecule has 3 aliphatic heterocycles. The molecule has 208 valence electrons. The minimum Gasteiger partial charge on any atom is -0.376 e. The van der Waals surface area contributed by atoms with Crippen molar-refractivity contribution in [1.29, 1.82) is 0 Å². The predicted molar refractivity (Wildman–Crippen MR) is 140 cm³/mol. The van der Waals surface area contributed by atoms with Gasteiger partial charge in [-0.05, 0) is 63.2 Å². The second kappa shape index (κ2) is 10.8. The Morgan fingerprint density at radius 2 is 1.59 bits per heavy atom. The summed E-state index contributed by atoms with van der Waals surface area (Å²) in [6.07, 6.45) is 10.5. The number of carbonyl (C=O) groups excluding carboxylic acids is 3. The van der Waals surface area contributed by atoms with E-state index >= 15 is 0 Å². The van der Waals surface area contributed by atoms with Gasteiger partial charge in [-0.1, -0.05) is 33.1 Å². The molecule has 37 heavy (non-hydrogen) atoms. The standard InChI is InChI=1S/C29H47N3O5/c1-20(36-17-21-10-6-4-7-11-21)24(27(35)31-13-8-5-9-14-31)30-25(33)22-12-15-37-29(22)18-32(19-29)26(34)23-16-28(23,2)3/h20-24H,4-19H2,1-3H3,(H,30,33)/t20-,22?,23-,24+/m1/s1. The summed E-state index contributed by atoms with van der Waals surface area (Å²) in [4.78, 5) is 43.9. The van der Waals surface area contributed by atoms with Crippen LogP contribution < -0.4 is 5.32 Å². The van der Waals surface area contributed by atoms with E-state index < -0.39 is 17.7 Å². The van der Waals surface area contributed by atoms with Crippen LogP contribution in [0.3, 0.4) is 0 Å². The molecule has 8 heteroatoms. The van der Waals surface area contributed by atoms with Crippen LogP contribution in [0.4, 0.5) is 0 Å². The molecule has 1 spiro atoms. The molecule has 0 bridgehead atoms. The van der Waals surface area contributed by atoms with Crippen molar-refractivity contribution >= 4 is 17.7 Å². The molecule has 5 fully saturated rings. The Hall–Kier alpha value is -1.67. The van der Waals surface area contributed by atoms with Gasteiger partial charge in [0.1, 0.15) is 11.6 Å². The fourth-order valence-corrected chi connectivity index (χ4v) is 6.97. The molecule has 1 N–H and O–H groups in total. The number of nitrogens with zero attached hydrogens (tertiary/aromatic N) is 2. The van der Waals surface area contributed by atoms with Crippen molar-refractivity contribution in [3.8, 4) is 0 Å². The number of likely N-dealkylation sites (tertiary alicyclic amines) is 2. The molecule has 2 saturated carbocycles. The third kappa shape index (κ3) is 5.70. The summed E-state index contributed by atoms with van der Waals surface area (Å²) in [7, 11) is 0. The molecule has 8 nitrogen and oxygen atoms in total. The Morgan fingerprint density at radius 1 is 0.946 bits per heavy atom. The molecule has 5 aliphatic rings. The molecule has 2 aliphatic carbocycles. The lowest BCUT2D eigenvalue weighted by molar-refractivity contribution is -0.171. The second-order valence-electron chi connectivity index (χ2n) is 13.1. The summed E-state index contributed by atoms with van der Waals surface area (Å²) >= 11 is 0. The number of nitrogens with one attached hydrogen (secondary N) is 1. The normalized spacial score (nSPS) is 30.5. The van der Waals surface area contributed by atoms with E-state index in [0.717, 1.165) is 38.8 Å². The minimum atomic E-state index is -0.697. The Morgan fingerprint density at radius 3 is 2.24 bits per heavy atom. The number of ether oxygens (including phenoxy) is 2. The molecule has 3 amide bonds. The third-order valence-corrected chi connectivity index (χ3v) is 9.81. The maximum absolute atomic E-state index is 13.7. The van der Waals surface area contributed by atoms with Crippen molar-refractivity contribution in [1.82, 2.24) is 15.1 Å². The average Bonchev–Trinajstić information content (AvgIpc) is 3.31. The lowest BCUT2D eigenvalue weighted by Gasteiger charge is -2.50. The predicted octanol–water partition coefficient (Wildman–Crippen LogP) is 3.13. The second-order valence-corrected chi connectivity index (χ2v) is 13.1. The minimum absolute atomic E-state index is 0.0291. The topological polar surface area (TPSA) is 88.2 Å². The van der Waals surface area contributed by atoms with Gasteiger partial charge in [-0.3, -0.25) is 14.4 Å². The van der Waals surface area contributed by atoms with Gasteiger partial charge in [0.25, 0.3) is 0 Å². The molecule has 0 aromatic heterocycles. The molecule has 0 radical (unpaired) electrons. The summed E-state index contributed by atoms with van der Waals surface area (Å²) in [5.74, 6) is 0.295. The van der Waals surface area contributed by atoms with Crippen LogP contribution in [0.5, 0.6) is 0 Å². The zero-order chi connectivity index (χ0) is 26.2. The molecule has 0 aromatic rings. The van der Waals surface area contributed by atoms with Crippen molar-refractivity contribution in [3.05, 3.63) is 0 Å². The Labute approximate surface area is 222 Å². The lowest BCUT2D eigenvalue weighted by atomic mass is 9.79. The molecule has 1 unspecified atom stereocenters. The van der Waals surface area contributed by atoms with Crippen LogP contribution in [0.15, 0.2) is 0 Å². The van der Waals surface area contributed by atoms with Crippen LogP contribution in [0.25, 0.3) is 0 Å². The van der Waals surface area contributed by atoms with Crippen LogP contribution in [-0.4, -0.2) is 84.7 Å². The van der Waals surface area contributed by atoms with Gasteiger partial charge in [-0.25, -0.2) is 0 Å². The van der Waals surface area contributed by atoms with Crippen LogP contribution in [-0.2, 0) is 23.9 Å². The Balaban J connectivity index is 1.22. The number of hydrogen-bond acceptors (Lipinski definition) is 5. The number of carbonyl (C=O) groups is 3. The molecule has 0 aromatic carbocycles. The molecular weight excluding hydrogens is 470 g/mol. The largest absolute Gasteiger partial charge is 0.376 e. The van der Waals surface area contributed by atoms with E-state index in [2.05, 4.69) is 19.2 Å². The number of amides is 3. The van der Waals surface area contributed by atoms with Crippen molar-refractivity contribution < 1.29 is 23.9 Å². The molecule has 5 rings (SSSR count). The van der Waals surface area contributed by atoms with Crippen molar-refractivity contribution in [2.24, 2.45) is 23.2 Å². The maximum Gasteiger partial charge on any atom is 0.247 e. The molecular formula is C29H47N3O5. The maximum atomic E-state index is 13.7. The summed E-state index contributed by atoms with van der Waals surface area (Å²) in [5, 5.41) is 3.12. The van der Waals surface area contributed by atoms with E-state index in [0.29, 0.717) is 38.6 Å². The smallest absolute Gasteiger partial charge is 0.247 e. The monoisotopic (exact) mass is 517 g/mol. The van der Waals surface area contributed by atoms with E-state index in [1.807, 2.05) is 16.7 Å². The summed E-state index contributed by atoms with van der Waals surface area (Å²) in [5.41, 5.74) is -0.535. The first-order chi connectivity index (χ1) is 17.7. The van der Waals surface area contributed by atoms with Crippen LogP contribution in [0.1, 0.15) is 85.0 Å². The highest BCUT2D eigenvalue weighted by atomic mass is 16.5. The SMILES string of the molecule is C[C@@H](OCC1CCCCC1)[C@H](NC(=O)C1CCOC12CN(C(=O)[C@H]1CC1(C)C)C2)C(=O)N1CCCCC1. The first-order valence-electron chi connectivity index (χ1n) is 14.8. The third-order valence-electron chi connectivity index (χ3n) is 9.81. The van der Waals surface area contributed by atoms with E-state index in [-0.39, 0.29) is 35.0 Å². The number of piperidine rings is 1. The van der Waals surface area contributed by atoms with Crippen molar-refractivity contribution in [2.75, 3.05) is 39.4 Å². The molecule has 3 saturated heterocycles. The van der Waals surface area contributed by atoms with E-state index in [4.69, 9.17) is 9.47 Å². The number of rotatable bonds is 8. The zero-order valence-electron chi connectivity index (χ0n) is 23.1. The van der Waals surface area contributed by atoms with Crippen molar-refractivity contribution in [3.63, 3.8) is 0 Å². The van der Waals surface area contributed by atoms with Gasteiger partial charge in [0, 0.05) is 32.2 Å². The zero-order valence-corrected chi connectivity index (χ0v) is 23.1. The summed E-state index contributed by atoms with van der Waals surface area (Å²) in [6.45, 7) is 9.76. The quantitative estimate of drug-likeness (QED) is 0.535. The van der Waals surface area contributed by atoms with E-state index in [9.17, 15) is 14.4 Å². The van der Waals surface area contributed by atoms with Gasteiger partial charge in [-0.15, -0.1) is 0 Å². The first kappa shape index (κ1) is 26.9. The molecule has 4 atom stereocenters. The van der Waals surface area contributed by atoms with E-state index in [1.165, 1.54) is 32.1 Å². The highest BCUT2D eigenvalue weighted by Gasteiger charge is 2.61. The van der Waals surface area contributed by atoms with Gasteiger partial charge in [0.05, 0.1) is 25.1 Å². The fraction of sp³-hybridized carbons (Fsp3) is 0.897. The van der Waals surface area contributed by atoms with Gasteiger partial charge in [0.2, 0.25) is 17.7 Å². The van der Waals surface area contributed by atoms with Crippen LogP contribution in [0.2, 0.25) is 0 Å². The van der Waals surface area contributed by atoms with Crippen LogP contribution >= 0.6 is 0 Å². The Kier molecular flexibility index (Phi) is 7.88. The first-order valence-corrected chi connectivity index (χ1v) is 14.8. The highest BCUT2D eigenvalue weighted by Crippen LogP contribution is 2.54. The lowest BCUT2D eigenvalue weighted by Crippen LogP contribution is -2.69. The van der Waals surface area contributed by atoms with Gasteiger partial charge in [-0.2, -0.15) is 0 Å². The van der Waals surface area contributed by atoms with Crippen LogP contribution in [0, 0.1) is 23.2 Å². The van der Waals surface area contributed by atoms with Gasteiger partial charge >= 0.3 is 0 Å². The average molecular weight is 518 g/mol. The Bertz CT molecular complexity index is 858. The van der Waals surface area contributed by atoms with Gasteiger partial charge in [0.15, 0.2) is 0 Å². The molecule has 3 heterocycles. The summed E-state index contributed by atoms with van der Waals surface area (Å²) in [6, 6.07) is -0.697. The van der Waals surface area contributed by atoms with Gasteiger partial charge < -0.3 is 24.6 Å². The number of hydrogen-bond donors (Lipinski definition) is 1. The summed E-state index contributed by atoms with van der Waals surface area (Å²) < 4.78 is 12.4. The highest BCUT2D eigenvalue weighted by molar-refractivity contribution is 5.90. The van der Waals surface area contributed by atoms with E-state index in [1.54, 1.807) is 0 Å². The van der Waals surface area contributed by atoms with Crippen molar-refractivity contribution in [2.45, 2.75) is 103 Å².